The van der Waals surface area contributed by atoms with Gasteiger partial charge in [0.1, 0.15) is 18.2 Å². The summed E-state index contributed by atoms with van der Waals surface area (Å²) in [6, 6.07) is 8.44. The molecule has 0 aliphatic rings. The molecule has 0 fully saturated rings. The number of halogens is 3. The first-order valence-corrected chi connectivity index (χ1v) is 5.66. The molecule has 100 valence electrons. The van der Waals surface area contributed by atoms with Crippen LogP contribution in [-0.4, -0.2) is 6.61 Å². The minimum absolute atomic E-state index is 0.0244. The lowest BCUT2D eigenvalue weighted by atomic mass is 10.1. The van der Waals surface area contributed by atoms with Gasteiger partial charge < -0.3 is 10.5 Å². The highest BCUT2D eigenvalue weighted by atomic mass is 19.2. The van der Waals surface area contributed by atoms with E-state index in [1.54, 1.807) is 6.07 Å². The van der Waals surface area contributed by atoms with E-state index in [1.165, 1.54) is 30.3 Å². The van der Waals surface area contributed by atoms with Crippen molar-refractivity contribution in [2.75, 3.05) is 6.61 Å². The molecule has 0 radical (unpaired) electrons. The van der Waals surface area contributed by atoms with E-state index in [0.717, 1.165) is 6.07 Å². The third-order valence-corrected chi connectivity index (χ3v) is 2.61. The van der Waals surface area contributed by atoms with Gasteiger partial charge >= 0.3 is 0 Å². The lowest BCUT2D eigenvalue weighted by Crippen LogP contribution is -2.20. The summed E-state index contributed by atoms with van der Waals surface area (Å²) >= 11 is 0. The minimum Gasteiger partial charge on any atom is -0.492 e. The summed E-state index contributed by atoms with van der Waals surface area (Å²) < 4.78 is 44.7. The molecule has 2 aromatic rings. The quantitative estimate of drug-likeness (QED) is 0.923. The van der Waals surface area contributed by atoms with Crippen molar-refractivity contribution in [2.45, 2.75) is 6.04 Å². The first kappa shape index (κ1) is 13.4. The number of ether oxygens (including phenoxy) is 1. The van der Waals surface area contributed by atoms with Crippen molar-refractivity contribution in [1.29, 1.82) is 0 Å². The van der Waals surface area contributed by atoms with Crippen LogP contribution in [0.5, 0.6) is 5.75 Å². The molecular formula is C14H12F3NO. The maximum absolute atomic E-state index is 13.5. The Morgan fingerprint density at radius 2 is 1.79 bits per heavy atom. The monoisotopic (exact) mass is 267 g/mol. The summed E-state index contributed by atoms with van der Waals surface area (Å²) in [4.78, 5) is 0. The van der Waals surface area contributed by atoms with Gasteiger partial charge in [-0.3, -0.25) is 0 Å². The Morgan fingerprint density at radius 3 is 2.53 bits per heavy atom. The lowest BCUT2D eigenvalue weighted by molar-refractivity contribution is 0.285. The van der Waals surface area contributed by atoms with Crippen molar-refractivity contribution in [3.8, 4) is 5.75 Å². The zero-order valence-electron chi connectivity index (χ0n) is 9.95. The molecule has 2 rings (SSSR count). The fraction of sp³-hybridized carbons (Fsp3) is 0.143. The molecular weight excluding hydrogens is 255 g/mol. The van der Waals surface area contributed by atoms with E-state index in [4.69, 9.17) is 10.5 Å². The standard InChI is InChI=1S/C14H12F3NO/c15-9-3-1-4-10(7-9)19-8-13(18)11-5-2-6-12(16)14(11)17/h1-7,13H,8,18H2. The third-order valence-electron chi connectivity index (χ3n) is 2.61. The summed E-state index contributed by atoms with van der Waals surface area (Å²) in [6.45, 7) is -0.0795. The van der Waals surface area contributed by atoms with Crippen LogP contribution in [0, 0.1) is 17.5 Å². The number of benzene rings is 2. The molecule has 0 heterocycles. The van der Waals surface area contributed by atoms with Crippen LogP contribution < -0.4 is 10.5 Å². The van der Waals surface area contributed by atoms with Crippen molar-refractivity contribution in [3.63, 3.8) is 0 Å². The van der Waals surface area contributed by atoms with Crippen molar-refractivity contribution in [2.24, 2.45) is 5.73 Å². The summed E-state index contributed by atoms with van der Waals surface area (Å²) in [5, 5.41) is 0. The second-order valence-corrected chi connectivity index (χ2v) is 4.02. The Balaban J connectivity index is 2.05. The van der Waals surface area contributed by atoms with Crippen LogP contribution >= 0.6 is 0 Å². The predicted octanol–water partition coefficient (Wildman–Crippen LogP) is 3.18. The Kier molecular flexibility index (Phi) is 4.06. The van der Waals surface area contributed by atoms with Gasteiger partial charge in [-0.15, -0.1) is 0 Å². The minimum atomic E-state index is -0.988. The molecule has 0 aromatic heterocycles. The zero-order chi connectivity index (χ0) is 13.8. The summed E-state index contributed by atoms with van der Waals surface area (Å²) in [5.74, 6) is -2.10. The highest BCUT2D eigenvalue weighted by molar-refractivity contribution is 5.24. The molecule has 0 aliphatic heterocycles. The van der Waals surface area contributed by atoms with Crippen LogP contribution in [0.4, 0.5) is 13.2 Å². The molecule has 0 amide bonds. The largest absolute Gasteiger partial charge is 0.492 e. The molecule has 19 heavy (non-hydrogen) atoms. The van der Waals surface area contributed by atoms with E-state index in [1.807, 2.05) is 0 Å². The topological polar surface area (TPSA) is 35.2 Å². The Morgan fingerprint density at radius 1 is 1.05 bits per heavy atom. The molecule has 1 atom stereocenters. The van der Waals surface area contributed by atoms with Crippen LogP contribution in [0.2, 0.25) is 0 Å². The van der Waals surface area contributed by atoms with Gasteiger partial charge in [-0.05, 0) is 18.2 Å². The molecule has 5 heteroatoms. The smallest absolute Gasteiger partial charge is 0.163 e. The van der Waals surface area contributed by atoms with Gasteiger partial charge in [0.15, 0.2) is 11.6 Å². The van der Waals surface area contributed by atoms with Gasteiger partial charge in [-0.2, -0.15) is 0 Å². The zero-order valence-corrected chi connectivity index (χ0v) is 9.95. The summed E-state index contributed by atoms with van der Waals surface area (Å²) in [6.07, 6.45) is 0. The molecule has 0 spiro atoms. The highest BCUT2D eigenvalue weighted by Crippen LogP contribution is 2.19. The lowest BCUT2D eigenvalue weighted by Gasteiger charge is -2.14. The number of hydrogen-bond acceptors (Lipinski definition) is 2. The molecule has 1 unspecified atom stereocenters. The normalized spacial score (nSPS) is 12.2. The van der Waals surface area contributed by atoms with Crippen molar-refractivity contribution < 1.29 is 17.9 Å². The van der Waals surface area contributed by atoms with E-state index in [2.05, 4.69) is 0 Å². The average molecular weight is 267 g/mol. The second-order valence-electron chi connectivity index (χ2n) is 4.02. The van der Waals surface area contributed by atoms with Gasteiger partial charge in [0.25, 0.3) is 0 Å². The predicted molar refractivity (Wildman–Crippen MR) is 65.2 cm³/mol. The molecule has 2 aromatic carbocycles. The van der Waals surface area contributed by atoms with E-state index in [0.29, 0.717) is 0 Å². The van der Waals surface area contributed by atoms with Crippen molar-refractivity contribution in [1.82, 2.24) is 0 Å². The van der Waals surface area contributed by atoms with Crippen LogP contribution in [0.15, 0.2) is 42.5 Å². The second kappa shape index (κ2) is 5.75. The number of nitrogens with two attached hydrogens (primary N) is 1. The van der Waals surface area contributed by atoms with E-state index in [-0.39, 0.29) is 17.9 Å². The molecule has 0 saturated heterocycles. The molecule has 0 saturated carbocycles. The van der Waals surface area contributed by atoms with Gasteiger partial charge in [-0.25, -0.2) is 13.2 Å². The van der Waals surface area contributed by atoms with Gasteiger partial charge in [0, 0.05) is 11.6 Å². The van der Waals surface area contributed by atoms with E-state index < -0.39 is 23.5 Å². The first-order chi connectivity index (χ1) is 9.08. The molecule has 0 aliphatic carbocycles. The highest BCUT2D eigenvalue weighted by Gasteiger charge is 2.15. The molecule has 2 N–H and O–H groups in total. The van der Waals surface area contributed by atoms with Crippen molar-refractivity contribution >= 4 is 0 Å². The maximum Gasteiger partial charge on any atom is 0.163 e. The Hall–Kier alpha value is -2.01. The Bertz CT molecular complexity index is 574. The van der Waals surface area contributed by atoms with Crippen LogP contribution in [0.25, 0.3) is 0 Å². The van der Waals surface area contributed by atoms with Crippen LogP contribution in [0.1, 0.15) is 11.6 Å². The van der Waals surface area contributed by atoms with Gasteiger partial charge in [0.05, 0.1) is 6.04 Å². The molecule has 0 bridgehead atoms. The summed E-state index contributed by atoms with van der Waals surface area (Å²) in [7, 11) is 0. The summed E-state index contributed by atoms with van der Waals surface area (Å²) in [5.41, 5.74) is 5.75. The van der Waals surface area contributed by atoms with Gasteiger partial charge in [-0.1, -0.05) is 18.2 Å². The third kappa shape index (κ3) is 3.26. The van der Waals surface area contributed by atoms with E-state index in [9.17, 15) is 13.2 Å². The first-order valence-electron chi connectivity index (χ1n) is 5.66. The van der Waals surface area contributed by atoms with Crippen LogP contribution in [-0.2, 0) is 0 Å². The van der Waals surface area contributed by atoms with Crippen LogP contribution in [0.3, 0.4) is 0 Å². The van der Waals surface area contributed by atoms with E-state index >= 15 is 0 Å². The van der Waals surface area contributed by atoms with Gasteiger partial charge in [0.2, 0.25) is 0 Å². The number of hydrogen-bond donors (Lipinski definition) is 1. The fourth-order valence-electron chi connectivity index (χ4n) is 1.64. The fourth-order valence-corrected chi connectivity index (χ4v) is 1.64. The SMILES string of the molecule is NC(COc1cccc(F)c1)c1cccc(F)c1F. The number of rotatable bonds is 4. The molecule has 2 nitrogen and oxygen atoms in total. The van der Waals surface area contributed by atoms with Crippen molar-refractivity contribution in [3.05, 3.63) is 65.5 Å². The Labute approximate surface area is 108 Å². The maximum atomic E-state index is 13.5. The average Bonchev–Trinajstić information content (AvgIpc) is 2.39.